The van der Waals surface area contributed by atoms with E-state index in [1.165, 1.54) is 0 Å². The minimum absolute atomic E-state index is 0.125. The Bertz CT molecular complexity index is 832. The molecule has 1 saturated heterocycles. The average Bonchev–Trinajstić information content (AvgIpc) is 2.97. The first-order valence-corrected chi connectivity index (χ1v) is 8.75. The van der Waals surface area contributed by atoms with Crippen molar-refractivity contribution in [3.63, 3.8) is 0 Å². The van der Waals surface area contributed by atoms with Crippen LogP contribution in [0.25, 0.3) is 0 Å². The Morgan fingerprint density at radius 3 is 2.27 bits per heavy atom. The van der Waals surface area contributed by atoms with E-state index in [0.29, 0.717) is 16.9 Å². The number of nitrogens with zero attached hydrogens (tertiary/aromatic N) is 3. The van der Waals surface area contributed by atoms with E-state index in [9.17, 15) is 9.59 Å². The molecule has 1 aromatic heterocycles. The number of amides is 2. The van der Waals surface area contributed by atoms with Gasteiger partial charge in [-0.05, 0) is 49.2 Å². The number of pyridine rings is 1. The lowest BCUT2D eigenvalue weighted by molar-refractivity contribution is 0.0755. The number of hydrogen-bond donors (Lipinski definition) is 1. The van der Waals surface area contributed by atoms with Crippen LogP contribution < -0.4 is 5.32 Å². The summed E-state index contributed by atoms with van der Waals surface area (Å²) < 4.78 is 0. The monoisotopic (exact) mass is 348 g/mol. The van der Waals surface area contributed by atoms with E-state index in [1.807, 2.05) is 11.0 Å². The van der Waals surface area contributed by atoms with Crippen molar-refractivity contribution in [1.29, 1.82) is 5.26 Å². The molecule has 0 bridgehead atoms. The molecule has 1 N–H and O–H groups in total. The number of likely N-dealkylation sites (tertiary alicyclic amines) is 1. The van der Waals surface area contributed by atoms with Gasteiger partial charge in [0.2, 0.25) is 0 Å². The van der Waals surface area contributed by atoms with E-state index in [0.717, 1.165) is 38.8 Å². The van der Waals surface area contributed by atoms with E-state index in [4.69, 9.17) is 5.26 Å². The summed E-state index contributed by atoms with van der Waals surface area (Å²) in [6, 6.07) is 13.5. The van der Waals surface area contributed by atoms with Gasteiger partial charge in [-0.2, -0.15) is 5.26 Å². The molecule has 26 heavy (non-hydrogen) atoms. The zero-order chi connectivity index (χ0) is 18.4. The van der Waals surface area contributed by atoms with Gasteiger partial charge in [-0.1, -0.05) is 18.9 Å². The standard InChI is InChI=1S/C20H20N4O2/c21-14-15-8-10-16(11-9-15)22-19(25)17-6-5-7-18(23-17)20(26)24-12-3-1-2-4-13-24/h5-11H,1-4,12-13H2,(H,22,25). The van der Waals surface area contributed by atoms with E-state index < -0.39 is 0 Å². The Morgan fingerprint density at radius 1 is 0.962 bits per heavy atom. The number of aromatic nitrogens is 1. The third kappa shape index (κ3) is 4.25. The van der Waals surface area contributed by atoms with Crippen molar-refractivity contribution in [3.8, 4) is 6.07 Å². The average molecular weight is 348 g/mol. The van der Waals surface area contributed by atoms with E-state index in [1.54, 1.807) is 42.5 Å². The SMILES string of the molecule is N#Cc1ccc(NC(=O)c2cccc(C(=O)N3CCCCCC3)n2)cc1. The summed E-state index contributed by atoms with van der Waals surface area (Å²) in [5.41, 5.74) is 1.57. The first-order chi connectivity index (χ1) is 12.7. The van der Waals surface area contributed by atoms with Gasteiger partial charge in [0.15, 0.2) is 0 Å². The molecule has 2 aromatic rings. The van der Waals surface area contributed by atoms with Crippen LogP contribution in [0.15, 0.2) is 42.5 Å². The molecule has 0 saturated carbocycles. The van der Waals surface area contributed by atoms with Crippen molar-refractivity contribution in [2.45, 2.75) is 25.7 Å². The largest absolute Gasteiger partial charge is 0.337 e. The van der Waals surface area contributed by atoms with Crippen molar-refractivity contribution < 1.29 is 9.59 Å². The fourth-order valence-corrected chi connectivity index (χ4v) is 2.94. The lowest BCUT2D eigenvalue weighted by Crippen LogP contribution is -2.32. The highest BCUT2D eigenvalue weighted by Crippen LogP contribution is 2.14. The van der Waals surface area contributed by atoms with Gasteiger partial charge in [0, 0.05) is 18.8 Å². The van der Waals surface area contributed by atoms with Gasteiger partial charge < -0.3 is 10.2 Å². The van der Waals surface area contributed by atoms with E-state index in [2.05, 4.69) is 10.3 Å². The molecular formula is C20H20N4O2. The first kappa shape index (κ1) is 17.6. The molecule has 0 unspecified atom stereocenters. The molecule has 0 atom stereocenters. The van der Waals surface area contributed by atoms with Crippen LogP contribution in [0.5, 0.6) is 0 Å². The van der Waals surface area contributed by atoms with Gasteiger partial charge in [0.05, 0.1) is 11.6 Å². The Kier molecular flexibility index (Phi) is 5.59. The van der Waals surface area contributed by atoms with Gasteiger partial charge >= 0.3 is 0 Å². The predicted molar refractivity (Wildman–Crippen MR) is 97.7 cm³/mol. The summed E-state index contributed by atoms with van der Waals surface area (Å²) in [6.45, 7) is 1.48. The zero-order valence-corrected chi connectivity index (χ0v) is 14.4. The molecule has 0 aliphatic carbocycles. The Balaban J connectivity index is 1.72. The number of carbonyl (C=O) groups excluding carboxylic acids is 2. The lowest BCUT2D eigenvalue weighted by atomic mass is 10.2. The Morgan fingerprint density at radius 2 is 1.62 bits per heavy atom. The maximum absolute atomic E-state index is 12.7. The third-order valence-corrected chi connectivity index (χ3v) is 4.37. The van der Waals surface area contributed by atoms with Gasteiger partial charge in [-0.25, -0.2) is 4.98 Å². The maximum atomic E-state index is 12.7. The summed E-state index contributed by atoms with van der Waals surface area (Å²) in [7, 11) is 0. The minimum atomic E-state index is -0.389. The smallest absolute Gasteiger partial charge is 0.274 e. The van der Waals surface area contributed by atoms with Gasteiger partial charge in [-0.3, -0.25) is 9.59 Å². The number of nitrogens with one attached hydrogen (secondary N) is 1. The van der Waals surface area contributed by atoms with E-state index in [-0.39, 0.29) is 17.5 Å². The second-order valence-corrected chi connectivity index (χ2v) is 6.26. The second kappa shape index (κ2) is 8.26. The molecule has 132 valence electrons. The number of rotatable bonds is 3. The summed E-state index contributed by atoms with van der Waals surface area (Å²) in [6.07, 6.45) is 4.30. The molecule has 1 aliphatic rings. The summed E-state index contributed by atoms with van der Waals surface area (Å²) in [4.78, 5) is 31.1. The Hall–Kier alpha value is -3.20. The van der Waals surface area contributed by atoms with Crippen LogP contribution in [-0.4, -0.2) is 34.8 Å². The highest BCUT2D eigenvalue weighted by molar-refractivity contribution is 6.03. The topological polar surface area (TPSA) is 86.1 Å². The van der Waals surface area contributed by atoms with Crippen molar-refractivity contribution in [2.75, 3.05) is 18.4 Å². The minimum Gasteiger partial charge on any atom is -0.337 e. The van der Waals surface area contributed by atoms with Crippen molar-refractivity contribution in [3.05, 3.63) is 59.4 Å². The van der Waals surface area contributed by atoms with Gasteiger partial charge in [-0.15, -0.1) is 0 Å². The lowest BCUT2D eigenvalue weighted by Gasteiger charge is -2.19. The highest BCUT2D eigenvalue weighted by Gasteiger charge is 2.19. The van der Waals surface area contributed by atoms with Crippen LogP contribution in [0.3, 0.4) is 0 Å². The fraction of sp³-hybridized carbons (Fsp3) is 0.300. The fourth-order valence-electron chi connectivity index (χ4n) is 2.94. The quantitative estimate of drug-likeness (QED) is 0.923. The molecule has 3 rings (SSSR count). The van der Waals surface area contributed by atoms with Crippen molar-refractivity contribution in [1.82, 2.24) is 9.88 Å². The van der Waals surface area contributed by atoms with Crippen molar-refractivity contribution >= 4 is 17.5 Å². The van der Waals surface area contributed by atoms with E-state index >= 15 is 0 Å². The molecule has 0 spiro atoms. The molecular weight excluding hydrogens is 328 g/mol. The number of carbonyl (C=O) groups is 2. The highest BCUT2D eigenvalue weighted by atomic mass is 16.2. The van der Waals surface area contributed by atoms with Crippen LogP contribution in [0.4, 0.5) is 5.69 Å². The molecule has 6 nitrogen and oxygen atoms in total. The predicted octanol–water partition coefficient (Wildman–Crippen LogP) is 3.22. The summed E-state index contributed by atoms with van der Waals surface area (Å²) in [5, 5.41) is 11.5. The van der Waals surface area contributed by atoms with Crippen LogP contribution in [0.2, 0.25) is 0 Å². The number of benzene rings is 1. The number of nitriles is 1. The zero-order valence-electron chi connectivity index (χ0n) is 14.4. The molecule has 1 aliphatic heterocycles. The molecule has 0 radical (unpaired) electrons. The molecule has 6 heteroatoms. The molecule has 2 heterocycles. The second-order valence-electron chi connectivity index (χ2n) is 6.26. The van der Waals surface area contributed by atoms with Crippen LogP contribution in [0.1, 0.15) is 52.2 Å². The molecule has 2 amide bonds. The van der Waals surface area contributed by atoms with Crippen LogP contribution in [0, 0.1) is 11.3 Å². The van der Waals surface area contributed by atoms with Crippen LogP contribution >= 0.6 is 0 Å². The summed E-state index contributed by atoms with van der Waals surface area (Å²) in [5.74, 6) is -0.514. The Labute approximate surface area is 152 Å². The van der Waals surface area contributed by atoms with Crippen LogP contribution in [-0.2, 0) is 0 Å². The number of anilines is 1. The first-order valence-electron chi connectivity index (χ1n) is 8.75. The summed E-state index contributed by atoms with van der Waals surface area (Å²) >= 11 is 0. The molecule has 1 fully saturated rings. The molecule has 1 aromatic carbocycles. The van der Waals surface area contributed by atoms with Gasteiger partial charge in [0.1, 0.15) is 11.4 Å². The maximum Gasteiger partial charge on any atom is 0.274 e. The third-order valence-electron chi connectivity index (χ3n) is 4.37. The van der Waals surface area contributed by atoms with Gasteiger partial charge in [0.25, 0.3) is 11.8 Å². The van der Waals surface area contributed by atoms with Crippen molar-refractivity contribution in [2.24, 2.45) is 0 Å². The number of hydrogen-bond acceptors (Lipinski definition) is 4. The normalized spacial score (nSPS) is 14.2.